The first-order valence-corrected chi connectivity index (χ1v) is 7.99. The largest absolute Gasteiger partial charge is 0.357 e. The molecule has 0 unspecified atom stereocenters. The number of nitrogens with zero attached hydrogens (tertiary/aromatic N) is 3. The van der Waals surface area contributed by atoms with Crippen LogP contribution < -0.4 is 4.90 Å². The second-order valence-corrected chi connectivity index (χ2v) is 5.62. The van der Waals surface area contributed by atoms with Crippen LogP contribution in [0, 0.1) is 5.82 Å². The van der Waals surface area contributed by atoms with Gasteiger partial charge in [-0.3, -0.25) is 0 Å². The summed E-state index contributed by atoms with van der Waals surface area (Å²) in [4.78, 5) is 11.3. The lowest BCUT2D eigenvalue weighted by Crippen LogP contribution is -2.23. The van der Waals surface area contributed by atoms with Crippen molar-refractivity contribution in [3.8, 4) is 11.4 Å². The van der Waals surface area contributed by atoms with Gasteiger partial charge in [0.25, 0.3) is 0 Å². The zero-order chi connectivity index (χ0) is 16.4. The Bertz CT molecular complexity index is 847. The Morgan fingerprint density at radius 1 is 1.04 bits per heavy atom. The van der Waals surface area contributed by atoms with Gasteiger partial charge in [0.05, 0.1) is 11.1 Å². The highest BCUT2D eigenvalue weighted by Crippen LogP contribution is 2.30. The van der Waals surface area contributed by atoms with Gasteiger partial charge in [-0.05, 0) is 44.2 Å². The van der Waals surface area contributed by atoms with E-state index < -0.39 is 0 Å². The zero-order valence-electron chi connectivity index (χ0n) is 13.1. The molecule has 3 nitrogen and oxygen atoms in total. The van der Waals surface area contributed by atoms with Crippen LogP contribution in [0.15, 0.2) is 42.5 Å². The van der Waals surface area contributed by atoms with Crippen LogP contribution in [0.1, 0.15) is 13.8 Å². The minimum absolute atomic E-state index is 0.334. The van der Waals surface area contributed by atoms with Crippen molar-refractivity contribution < 1.29 is 4.39 Å². The first-order chi connectivity index (χ1) is 11.1. The molecule has 0 spiro atoms. The molecule has 118 valence electrons. The lowest BCUT2D eigenvalue weighted by Gasteiger charge is -2.22. The van der Waals surface area contributed by atoms with E-state index in [1.54, 1.807) is 24.3 Å². The van der Waals surface area contributed by atoms with Gasteiger partial charge in [-0.1, -0.05) is 23.7 Å². The van der Waals surface area contributed by atoms with Crippen molar-refractivity contribution in [1.82, 2.24) is 9.97 Å². The number of hydrogen-bond acceptors (Lipinski definition) is 3. The van der Waals surface area contributed by atoms with Gasteiger partial charge in [-0.15, -0.1) is 0 Å². The number of benzene rings is 2. The van der Waals surface area contributed by atoms with Crippen molar-refractivity contribution in [3.63, 3.8) is 0 Å². The molecular formula is C18H17ClFN3. The molecule has 0 aliphatic heterocycles. The molecule has 3 rings (SSSR count). The van der Waals surface area contributed by atoms with Crippen molar-refractivity contribution in [3.05, 3.63) is 53.3 Å². The van der Waals surface area contributed by atoms with Crippen LogP contribution in [-0.2, 0) is 0 Å². The van der Waals surface area contributed by atoms with Crippen LogP contribution in [0.25, 0.3) is 22.3 Å². The van der Waals surface area contributed by atoms with E-state index in [4.69, 9.17) is 11.6 Å². The predicted octanol–water partition coefficient (Wildman–Crippen LogP) is 4.94. The summed E-state index contributed by atoms with van der Waals surface area (Å²) < 4.78 is 14.1. The normalized spacial score (nSPS) is 11.0. The number of aromatic nitrogens is 2. The number of rotatable bonds is 4. The Morgan fingerprint density at radius 2 is 1.78 bits per heavy atom. The highest BCUT2D eigenvalue weighted by Gasteiger charge is 2.15. The fraction of sp³-hybridized carbons (Fsp3) is 0.222. The van der Waals surface area contributed by atoms with Crippen molar-refractivity contribution in [2.75, 3.05) is 18.0 Å². The Balaban J connectivity index is 2.30. The maximum atomic E-state index is 14.1. The van der Waals surface area contributed by atoms with E-state index in [0.29, 0.717) is 21.9 Å². The van der Waals surface area contributed by atoms with E-state index in [2.05, 4.69) is 28.7 Å². The molecule has 0 fully saturated rings. The molecule has 0 N–H and O–H groups in total. The van der Waals surface area contributed by atoms with Gasteiger partial charge in [-0.25, -0.2) is 14.4 Å². The highest BCUT2D eigenvalue weighted by molar-refractivity contribution is 6.31. The SMILES string of the molecule is CCN(CC)c1nc(-c2ccccc2F)nc2cc(Cl)ccc12. The van der Waals surface area contributed by atoms with E-state index >= 15 is 0 Å². The number of fused-ring (bicyclic) bond motifs is 1. The van der Waals surface area contributed by atoms with E-state index in [9.17, 15) is 4.39 Å². The van der Waals surface area contributed by atoms with Crippen molar-refractivity contribution in [2.24, 2.45) is 0 Å². The average Bonchev–Trinajstić information content (AvgIpc) is 2.55. The summed E-state index contributed by atoms with van der Waals surface area (Å²) in [7, 11) is 0. The molecule has 0 saturated heterocycles. The summed E-state index contributed by atoms with van der Waals surface area (Å²) in [5.41, 5.74) is 1.11. The highest BCUT2D eigenvalue weighted by atomic mass is 35.5. The van der Waals surface area contributed by atoms with Crippen LogP contribution in [-0.4, -0.2) is 23.1 Å². The first kappa shape index (κ1) is 15.7. The molecule has 0 bridgehead atoms. The molecule has 2 aromatic carbocycles. The standard InChI is InChI=1S/C18H17ClFN3/c1-3-23(4-2)18-14-10-9-12(19)11-16(14)21-17(22-18)13-7-5-6-8-15(13)20/h5-11H,3-4H2,1-2H3. The lowest BCUT2D eigenvalue weighted by atomic mass is 10.1. The molecule has 0 radical (unpaired) electrons. The lowest BCUT2D eigenvalue weighted by molar-refractivity contribution is 0.630. The number of anilines is 1. The summed E-state index contributed by atoms with van der Waals surface area (Å²) >= 11 is 6.10. The molecule has 3 aromatic rings. The smallest absolute Gasteiger partial charge is 0.165 e. The van der Waals surface area contributed by atoms with Crippen molar-refractivity contribution >= 4 is 28.3 Å². The Morgan fingerprint density at radius 3 is 2.48 bits per heavy atom. The van der Waals surface area contributed by atoms with Gasteiger partial charge in [0.1, 0.15) is 11.6 Å². The molecule has 5 heteroatoms. The molecule has 0 atom stereocenters. The fourth-order valence-corrected chi connectivity index (χ4v) is 2.78. The Labute approximate surface area is 139 Å². The third-order valence-electron chi connectivity index (χ3n) is 3.82. The van der Waals surface area contributed by atoms with E-state index in [-0.39, 0.29) is 5.82 Å². The average molecular weight is 330 g/mol. The second kappa shape index (κ2) is 6.50. The monoisotopic (exact) mass is 329 g/mol. The molecular weight excluding hydrogens is 313 g/mol. The van der Waals surface area contributed by atoms with Crippen molar-refractivity contribution in [2.45, 2.75) is 13.8 Å². The van der Waals surface area contributed by atoms with Gasteiger partial charge in [-0.2, -0.15) is 0 Å². The van der Waals surface area contributed by atoms with Gasteiger partial charge in [0.15, 0.2) is 5.82 Å². The number of hydrogen-bond donors (Lipinski definition) is 0. The molecule has 1 heterocycles. The second-order valence-electron chi connectivity index (χ2n) is 5.18. The topological polar surface area (TPSA) is 29.0 Å². The summed E-state index contributed by atoms with van der Waals surface area (Å²) in [6.07, 6.45) is 0. The minimum Gasteiger partial charge on any atom is -0.357 e. The Hall–Kier alpha value is -2.20. The van der Waals surface area contributed by atoms with Crippen LogP contribution in [0.3, 0.4) is 0 Å². The third-order valence-corrected chi connectivity index (χ3v) is 4.05. The van der Waals surface area contributed by atoms with Gasteiger partial charge in [0, 0.05) is 23.5 Å². The van der Waals surface area contributed by atoms with Crippen LogP contribution in [0.4, 0.5) is 10.2 Å². The quantitative estimate of drug-likeness (QED) is 0.679. The summed E-state index contributed by atoms with van der Waals surface area (Å²) in [5, 5.41) is 1.51. The van der Waals surface area contributed by atoms with Crippen LogP contribution in [0.2, 0.25) is 5.02 Å². The number of halogens is 2. The van der Waals surface area contributed by atoms with Crippen molar-refractivity contribution in [1.29, 1.82) is 0 Å². The van der Waals surface area contributed by atoms with Crippen LogP contribution in [0.5, 0.6) is 0 Å². The fourth-order valence-electron chi connectivity index (χ4n) is 2.61. The summed E-state index contributed by atoms with van der Waals surface area (Å²) in [5.74, 6) is 0.842. The molecule has 23 heavy (non-hydrogen) atoms. The predicted molar refractivity (Wildman–Crippen MR) is 93.5 cm³/mol. The molecule has 0 aliphatic rings. The van der Waals surface area contributed by atoms with Gasteiger partial charge >= 0.3 is 0 Å². The zero-order valence-corrected chi connectivity index (χ0v) is 13.8. The van der Waals surface area contributed by atoms with E-state index in [1.165, 1.54) is 6.07 Å². The maximum Gasteiger partial charge on any atom is 0.165 e. The maximum absolute atomic E-state index is 14.1. The summed E-state index contributed by atoms with van der Waals surface area (Å²) in [6.45, 7) is 5.75. The summed E-state index contributed by atoms with van der Waals surface area (Å²) in [6, 6.07) is 12.1. The van der Waals surface area contributed by atoms with Crippen LogP contribution >= 0.6 is 11.6 Å². The minimum atomic E-state index is -0.334. The van der Waals surface area contributed by atoms with Gasteiger partial charge < -0.3 is 4.90 Å². The first-order valence-electron chi connectivity index (χ1n) is 7.61. The molecule has 0 amide bonds. The molecule has 0 aliphatic carbocycles. The molecule has 1 aromatic heterocycles. The third kappa shape index (κ3) is 2.99. The van der Waals surface area contributed by atoms with E-state index in [1.807, 2.05) is 12.1 Å². The van der Waals surface area contributed by atoms with Gasteiger partial charge in [0.2, 0.25) is 0 Å². The van der Waals surface area contributed by atoms with E-state index in [0.717, 1.165) is 24.3 Å². The Kier molecular flexibility index (Phi) is 4.44. The molecule has 0 saturated carbocycles.